The summed E-state index contributed by atoms with van der Waals surface area (Å²) in [6, 6.07) is 2.25. The first kappa shape index (κ1) is 20.2. The predicted molar refractivity (Wildman–Crippen MR) is 89.0 cm³/mol. The number of benzene rings is 1. The van der Waals surface area contributed by atoms with Gasteiger partial charge < -0.3 is 19.5 Å². The highest BCUT2D eigenvalue weighted by Gasteiger charge is 2.26. The topological polar surface area (TPSA) is 117 Å². The van der Waals surface area contributed by atoms with E-state index < -0.39 is 34.6 Å². The van der Waals surface area contributed by atoms with Gasteiger partial charge in [0.1, 0.15) is 5.56 Å². The van der Waals surface area contributed by atoms with Crippen LogP contribution in [0.5, 0.6) is 11.5 Å². The fourth-order valence-electron chi connectivity index (χ4n) is 1.95. The smallest absolute Gasteiger partial charge is 0.345 e. The summed E-state index contributed by atoms with van der Waals surface area (Å²) in [6.45, 7) is 6.76. The number of nitro benzene ring substituents is 1. The molecule has 0 unspecified atom stereocenters. The number of methoxy groups -OCH3 is 1. The molecule has 1 rings (SSSR count). The Morgan fingerprint density at radius 1 is 1.24 bits per heavy atom. The molecule has 0 bridgehead atoms. The van der Waals surface area contributed by atoms with E-state index in [1.54, 1.807) is 27.7 Å². The SMILES string of the molecule is CCOc1cc(C(=O)OCC(=O)NC(C)(C)C)c([N+](=O)[O-])cc1OC. The molecular formula is C16H22N2O7. The Morgan fingerprint density at radius 2 is 1.88 bits per heavy atom. The highest BCUT2D eigenvalue weighted by molar-refractivity contribution is 5.96. The van der Waals surface area contributed by atoms with E-state index in [-0.39, 0.29) is 23.7 Å². The van der Waals surface area contributed by atoms with Crippen LogP contribution in [0.25, 0.3) is 0 Å². The average molecular weight is 354 g/mol. The summed E-state index contributed by atoms with van der Waals surface area (Å²) < 4.78 is 15.2. The minimum absolute atomic E-state index is 0.121. The van der Waals surface area contributed by atoms with E-state index >= 15 is 0 Å². The summed E-state index contributed by atoms with van der Waals surface area (Å²) in [7, 11) is 1.33. The van der Waals surface area contributed by atoms with E-state index in [0.29, 0.717) is 0 Å². The maximum Gasteiger partial charge on any atom is 0.345 e. The average Bonchev–Trinajstić information content (AvgIpc) is 2.50. The fraction of sp³-hybridized carbons (Fsp3) is 0.500. The van der Waals surface area contributed by atoms with Crippen molar-refractivity contribution >= 4 is 17.6 Å². The van der Waals surface area contributed by atoms with Gasteiger partial charge in [-0.25, -0.2) is 4.79 Å². The molecule has 25 heavy (non-hydrogen) atoms. The Hall–Kier alpha value is -2.84. The van der Waals surface area contributed by atoms with E-state index in [9.17, 15) is 19.7 Å². The lowest BCUT2D eigenvalue weighted by Crippen LogP contribution is -2.42. The number of rotatable bonds is 7. The molecule has 0 fully saturated rings. The number of nitro groups is 1. The zero-order valence-electron chi connectivity index (χ0n) is 14.9. The fourth-order valence-corrected chi connectivity index (χ4v) is 1.95. The molecule has 0 atom stereocenters. The van der Waals surface area contributed by atoms with Crippen molar-refractivity contribution in [2.45, 2.75) is 33.2 Å². The molecule has 0 heterocycles. The normalized spacial score (nSPS) is 10.8. The van der Waals surface area contributed by atoms with Crippen molar-refractivity contribution in [3.05, 3.63) is 27.8 Å². The second kappa shape index (κ2) is 8.32. The molecule has 0 saturated carbocycles. The van der Waals surface area contributed by atoms with Gasteiger partial charge in [-0.05, 0) is 27.7 Å². The summed E-state index contributed by atoms with van der Waals surface area (Å²) >= 11 is 0. The molecule has 1 N–H and O–H groups in total. The van der Waals surface area contributed by atoms with Gasteiger partial charge in [-0.3, -0.25) is 14.9 Å². The van der Waals surface area contributed by atoms with E-state index in [4.69, 9.17) is 14.2 Å². The maximum absolute atomic E-state index is 12.2. The van der Waals surface area contributed by atoms with E-state index in [1.807, 2.05) is 0 Å². The van der Waals surface area contributed by atoms with E-state index in [1.165, 1.54) is 13.2 Å². The first-order valence-corrected chi connectivity index (χ1v) is 7.56. The van der Waals surface area contributed by atoms with Crippen molar-refractivity contribution in [2.75, 3.05) is 20.3 Å². The van der Waals surface area contributed by atoms with Crippen LogP contribution in [0.4, 0.5) is 5.69 Å². The lowest BCUT2D eigenvalue weighted by Gasteiger charge is -2.20. The number of amides is 1. The van der Waals surface area contributed by atoms with Gasteiger partial charge >= 0.3 is 5.97 Å². The lowest BCUT2D eigenvalue weighted by atomic mass is 10.1. The highest BCUT2D eigenvalue weighted by atomic mass is 16.6. The molecular weight excluding hydrogens is 332 g/mol. The van der Waals surface area contributed by atoms with Gasteiger partial charge in [0.2, 0.25) is 0 Å². The molecule has 1 aromatic rings. The summed E-state index contributed by atoms with van der Waals surface area (Å²) in [5.41, 5.74) is -1.31. The van der Waals surface area contributed by atoms with Crippen LogP contribution < -0.4 is 14.8 Å². The Kier molecular flexibility index (Phi) is 6.72. The van der Waals surface area contributed by atoms with Gasteiger partial charge in [-0.1, -0.05) is 0 Å². The van der Waals surface area contributed by atoms with Crippen LogP contribution in [0.2, 0.25) is 0 Å². The molecule has 0 radical (unpaired) electrons. The number of hydrogen-bond donors (Lipinski definition) is 1. The number of carbonyl (C=O) groups is 2. The van der Waals surface area contributed by atoms with Gasteiger partial charge in [0.15, 0.2) is 18.1 Å². The van der Waals surface area contributed by atoms with Gasteiger partial charge in [0, 0.05) is 11.6 Å². The predicted octanol–water partition coefficient (Wildman–Crippen LogP) is 2.07. The van der Waals surface area contributed by atoms with Crippen molar-refractivity contribution in [1.29, 1.82) is 0 Å². The van der Waals surface area contributed by atoms with Crippen LogP contribution in [0.3, 0.4) is 0 Å². The quantitative estimate of drug-likeness (QED) is 0.452. The third kappa shape index (κ3) is 5.94. The highest BCUT2D eigenvalue weighted by Crippen LogP contribution is 2.35. The van der Waals surface area contributed by atoms with Crippen molar-refractivity contribution in [3.8, 4) is 11.5 Å². The minimum atomic E-state index is -1.00. The minimum Gasteiger partial charge on any atom is -0.493 e. The van der Waals surface area contributed by atoms with Gasteiger partial charge in [-0.2, -0.15) is 0 Å². The third-order valence-corrected chi connectivity index (χ3v) is 2.85. The molecule has 138 valence electrons. The van der Waals surface area contributed by atoms with E-state index in [0.717, 1.165) is 6.07 Å². The molecule has 0 aliphatic heterocycles. The molecule has 9 nitrogen and oxygen atoms in total. The van der Waals surface area contributed by atoms with Crippen LogP contribution in [0.1, 0.15) is 38.1 Å². The summed E-state index contributed by atoms with van der Waals surface area (Å²) in [6.07, 6.45) is 0. The lowest BCUT2D eigenvalue weighted by molar-refractivity contribution is -0.385. The third-order valence-electron chi connectivity index (χ3n) is 2.85. The number of esters is 1. The number of ether oxygens (including phenoxy) is 3. The molecule has 1 amide bonds. The van der Waals surface area contributed by atoms with Crippen molar-refractivity contribution in [1.82, 2.24) is 5.32 Å². The number of carbonyl (C=O) groups excluding carboxylic acids is 2. The van der Waals surface area contributed by atoms with Crippen LogP contribution in [-0.4, -0.2) is 42.7 Å². The van der Waals surface area contributed by atoms with Crippen LogP contribution in [0.15, 0.2) is 12.1 Å². The zero-order chi connectivity index (χ0) is 19.2. The largest absolute Gasteiger partial charge is 0.493 e. The Balaban J connectivity index is 3.04. The number of nitrogens with one attached hydrogen (secondary N) is 1. The van der Waals surface area contributed by atoms with Crippen molar-refractivity contribution in [2.24, 2.45) is 0 Å². The first-order valence-electron chi connectivity index (χ1n) is 7.56. The van der Waals surface area contributed by atoms with Crippen LogP contribution in [-0.2, 0) is 9.53 Å². The molecule has 9 heteroatoms. The summed E-state index contributed by atoms with van der Waals surface area (Å²) in [5, 5.41) is 13.8. The Bertz CT molecular complexity index is 665. The molecule has 0 aliphatic rings. The number of hydrogen-bond acceptors (Lipinski definition) is 7. The summed E-state index contributed by atoms with van der Waals surface area (Å²) in [4.78, 5) is 34.4. The first-order chi connectivity index (χ1) is 11.6. The second-order valence-electron chi connectivity index (χ2n) is 6.08. The Morgan fingerprint density at radius 3 is 2.36 bits per heavy atom. The molecule has 1 aromatic carbocycles. The summed E-state index contributed by atoms with van der Waals surface area (Å²) in [5.74, 6) is -1.22. The van der Waals surface area contributed by atoms with Crippen LogP contribution in [0, 0.1) is 10.1 Å². The van der Waals surface area contributed by atoms with Crippen LogP contribution >= 0.6 is 0 Å². The van der Waals surface area contributed by atoms with E-state index in [2.05, 4.69) is 5.32 Å². The van der Waals surface area contributed by atoms with Crippen molar-refractivity contribution in [3.63, 3.8) is 0 Å². The Labute approximate surface area is 145 Å². The second-order valence-corrected chi connectivity index (χ2v) is 6.08. The van der Waals surface area contributed by atoms with Gasteiger partial charge in [0.25, 0.3) is 11.6 Å². The number of nitrogens with zero attached hydrogens (tertiary/aromatic N) is 1. The molecule has 0 aromatic heterocycles. The molecule has 0 spiro atoms. The van der Waals surface area contributed by atoms with Gasteiger partial charge in [-0.15, -0.1) is 0 Å². The zero-order valence-corrected chi connectivity index (χ0v) is 14.9. The molecule has 0 saturated heterocycles. The molecule has 0 aliphatic carbocycles. The monoisotopic (exact) mass is 354 g/mol. The maximum atomic E-state index is 12.2. The van der Waals surface area contributed by atoms with Crippen molar-refractivity contribution < 1.29 is 28.7 Å². The standard InChI is InChI=1S/C16H22N2O7/c1-6-24-13-7-10(11(18(21)22)8-12(13)23-5)15(20)25-9-14(19)17-16(2,3)4/h7-8H,6,9H2,1-5H3,(H,17,19). The van der Waals surface area contributed by atoms with Gasteiger partial charge in [0.05, 0.1) is 24.7 Å².